The highest BCUT2D eigenvalue weighted by atomic mass is 32.2. The summed E-state index contributed by atoms with van der Waals surface area (Å²) in [6.45, 7) is 2.19. The molecule has 0 N–H and O–H groups in total. The number of nitrogens with zero attached hydrogens (tertiary/aromatic N) is 4. The Hall–Kier alpha value is -2.36. The summed E-state index contributed by atoms with van der Waals surface area (Å²) in [5.41, 5.74) is 2.81. The zero-order valence-corrected chi connectivity index (χ0v) is 16.8. The van der Waals surface area contributed by atoms with Crippen molar-refractivity contribution in [1.82, 2.24) is 15.0 Å². The number of pyridine rings is 1. The smallest absolute Gasteiger partial charge is 0.179 e. The first-order valence-electron chi connectivity index (χ1n) is 8.83. The van der Waals surface area contributed by atoms with Crippen molar-refractivity contribution >= 4 is 23.5 Å². The Balaban J connectivity index is 2.01. The van der Waals surface area contributed by atoms with Gasteiger partial charge in [0.25, 0.3) is 0 Å². The van der Waals surface area contributed by atoms with E-state index in [-0.39, 0.29) is 0 Å². The number of benzene rings is 1. The van der Waals surface area contributed by atoms with Crippen LogP contribution in [0.3, 0.4) is 0 Å². The second-order valence-electron chi connectivity index (χ2n) is 5.79. The maximum absolute atomic E-state index is 9.80. The lowest BCUT2D eigenvalue weighted by Gasteiger charge is -2.11. The van der Waals surface area contributed by atoms with E-state index in [0.29, 0.717) is 22.8 Å². The zero-order chi connectivity index (χ0) is 18.9. The van der Waals surface area contributed by atoms with Gasteiger partial charge in [0, 0.05) is 16.8 Å². The SMILES string of the molecule is CCCCSCSc1nc(-c2ccccn2)nc(-c2ccccc2)c1C#N. The van der Waals surface area contributed by atoms with Crippen LogP contribution in [0.5, 0.6) is 0 Å². The lowest BCUT2D eigenvalue weighted by Crippen LogP contribution is -2.01. The Bertz CT molecular complexity index is 909. The van der Waals surface area contributed by atoms with E-state index in [1.807, 2.05) is 60.3 Å². The lowest BCUT2D eigenvalue weighted by molar-refractivity contribution is 0.897. The van der Waals surface area contributed by atoms with Gasteiger partial charge in [0.05, 0.1) is 5.69 Å². The van der Waals surface area contributed by atoms with Crippen molar-refractivity contribution in [3.8, 4) is 28.8 Å². The second kappa shape index (κ2) is 10.1. The molecule has 0 amide bonds. The molecule has 6 heteroatoms. The van der Waals surface area contributed by atoms with Crippen LogP contribution in [0.25, 0.3) is 22.8 Å². The minimum absolute atomic E-state index is 0.530. The van der Waals surface area contributed by atoms with Gasteiger partial charge >= 0.3 is 0 Å². The molecular weight excluding hydrogens is 372 g/mol. The van der Waals surface area contributed by atoms with E-state index in [4.69, 9.17) is 0 Å². The Labute approximate surface area is 168 Å². The molecule has 0 fully saturated rings. The quantitative estimate of drug-likeness (QED) is 0.213. The highest BCUT2D eigenvalue weighted by molar-refractivity contribution is 8.15. The van der Waals surface area contributed by atoms with E-state index >= 15 is 0 Å². The van der Waals surface area contributed by atoms with Gasteiger partial charge in [0.1, 0.15) is 22.4 Å². The number of nitriles is 1. The highest BCUT2D eigenvalue weighted by Gasteiger charge is 2.17. The van der Waals surface area contributed by atoms with Gasteiger partial charge in [0.15, 0.2) is 5.82 Å². The van der Waals surface area contributed by atoms with Crippen LogP contribution in [0.1, 0.15) is 25.3 Å². The third-order valence-electron chi connectivity index (χ3n) is 3.85. The van der Waals surface area contributed by atoms with Crippen LogP contribution >= 0.6 is 23.5 Å². The fourth-order valence-electron chi connectivity index (χ4n) is 2.46. The summed E-state index contributed by atoms with van der Waals surface area (Å²) >= 11 is 3.47. The molecule has 0 saturated heterocycles. The van der Waals surface area contributed by atoms with Gasteiger partial charge in [-0.15, -0.1) is 0 Å². The molecule has 0 bridgehead atoms. The van der Waals surface area contributed by atoms with Crippen LogP contribution in [0.15, 0.2) is 59.8 Å². The number of hydrogen-bond donors (Lipinski definition) is 0. The third kappa shape index (κ3) is 5.09. The molecule has 1 aromatic carbocycles. The van der Waals surface area contributed by atoms with E-state index in [2.05, 4.69) is 27.9 Å². The minimum atomic E-state index is 0.530. The van der Waals surface area contributed by atoms with Crippen molar-refractivity contribution < 1.29 is 0 Å². The monoisotopic (exact) mass is 392 g/mol. The Kier molecular flexibility index (Phi) is 7.26. The van der Waals surface area contributed by atoms with E-state index in [1.165, 1.54) is 12.8 Å². The van der Waals surface area contributed by atoms with Crippen LogP contribution in [0.2, 0.25) is 0 Å². The molecule has 27 heavy (non-hydrogen) atoms. The van der Waals surface area contributed by atoms with Crippen molar-refractivity contribution in [3.63, 3.8) is 0 Å². The zero-order valence-electron chi connectivity index (χ0n) is 15.1. The molecular formula is C21H20N4S2. The van der Waals surface area contributed by atoms with Crippen LogP contribution < -0.4 is 0 Å². The first kappa shape index (κ1) is 19.4. The largest absolute Gasteiger partial charge is 0.253 e. The predicted molar refractivity (Wildman–Crippen MR) is 114 cm³/mol. The van der Waals surface area contributed by atoms with Gasteiger partial charge in [-0.1, -0.05) is 61.5 Å². The Morgan fingerprint density at radius 2 is 1.85 bits per heavy atom. The molecule has 0 atom stereocenters. The van der Waals surface area contributed by atoms with Gasteiger partial charge in [0.2, 0.25) is 0 Å². The predicted octanol–water partition coefficient (Wildman–Crippen LogP) is 5.66. The molecule has 0 aliphatic carbocycles. The summed E-state index contributed by atoms with van der Waals surface area (Å²) in [5.74, 6) is 1.67. The summed E-state index contributed by atoms with van der Waals surface area (Å²) in [6.07, 6.45) is 4.12. The molecule has 3 aromatic rings. The van der Waals surface area contributed by atoms with Crippen molar-refractivity contribution in [3.05, 3.63) is 60.3 Å². The number of thioether (sulfide) groups is 2. The van der Waals surface area contributed by atoms with E-state index < -0.39 is 0 Å². The lowest BCUT2D eigenvalue weighted by atomic mass is 10.1. The molecule has 0 radical (unpaired) electrons. The molecule has 0 spiro atoms. The first-order chi connectivity index (χ1) is 13.3. The molecule has 3 rings (SSSR count). The summed E-state index contributed by atoms with van der Waals surface area (Å²) in [5, 5.41) is 11.4. The molecule has 4 nitrogen and oxygen atoms in total. The number of unbranched alkanes of at least 4 members (excludes halogenated alkanes) is 1. The molecule has 136 valence electrons. The summed E-state index contributed by atoms with van der Waals surface area (Å²) < 4.78 is 0. The van der Waals surface area contributed by atoms with Gasteiger partial charge < -0.3 is 0 Å². The van der Waals surface area contributed by atoms with Crippen LogP contribution in [-0.4, -0.2) is 25.8 Å². The van der Waals surface area contributed by atoms with Crippen molar-refractivity contribution in [2.45, 2.75) is 24.8 Å². The maximum atomic E-state index is 9.80. The number of aromatic nitrogens is 3. The maximum Gasteiger partial charge on any atom is 0.179 e. The van der Waals surface area contributed by atoms with Crippen molar-refractivity contribution in [2.75, 3.05) is 10.8 Å². The highest BCUT2D eigenvalue weighted by Crippen LogP contribution is 2.32. The Morgan fingerprint density at radius 1 is 1.04 bits per heavy atom. The molecule has 0 aliphatic heterocycles. The van der Waals surface area contributed by atoms with Crippen LogP contribution in [-0.2, 0) is 0 Å². The normalized spacial score (nSPS) is 10.5. The molecule has 0 unspecified atom stereocenters. The van der Waals surface area contributed by atoms with Crippen LogP contribution in [0.4, 0.5) is 0 Å². The topological polar surface area (TPSA) is 62.5 Å². The molecule has 2 heterocycles. The van der Waals surface area contributed by atoms with Crippen molar-refractivity contribution in [2.24, 2.45) is 0 Å². The van der Waals surface area contributed by atoms with Crippen molar-refractivity contribution in [1.29, 1.82) is 5.26 Å². The van der Waals surface area contributed by atoms with E-state index in [9.17, 15) is 5.26 Å². The fraction of sp³-hybridized carbons (Fsp3) is 0.238. The molecule has 2 aromatic heterocycles. The van der Waals surface area contributed by atoms with Gasteiger partial charge in [-0.05, 0) is 24.3 Å². The summed E-state index contributed by atoms with van der Waals surface area (Å²) in [4.78, 5) is 13.7. The number of hydrogen-bond acceptors (Lipinski definition) is 6. The molecule has 0 aliphatic rings. The Morgan fingerprint density at radius 3 is 2.56 bits per heavy atom. The van der Waals surface area contributed by atoms with Gasteiger partial charge in [-0.3, -0.25) is 4.98 Å². The molecule has 0 saturated carbocycles. The first-order valence-corrected chi connectivity index (χ1v) is 11.0. The average molecular weight is 393 g/mol. The second-order valence-corrected chi connectivity index (χ2v) is 8.23. The minimum Gasteiger partial charge on any atom is -0.253 e. The van der Waals surface area contributed by atoms with E-state index in [0.717, 1.165) is 21.4 Å². The van der Waals surface area contributed by atoms with Gasteiger partial charge in [-0.2, -0.15) is 17.0 Å². The van der Waals surface area contributed by atoms with E-state index in [1.54, 1.807) is 18.0 Å². The number of rotatable bonds is 8. The standard InChI is InChI=1S/C21H20N4S2/c1-2-3-13-26-15-27-21-17(14-22)19(16-9-5-4-6-10-16)24-20(25-21)18-11-7-8-12-23-18/h4-12H,2-3,13,15H2,1H3. The summed E-state index contributed by atoms with van der Waals surface area (Å²) in [7, 11) is 0. The third-order valence-corrected chi connectivity index (χ3v) is 6.13. The fourth-order valence-corrected chi connectivity index (χ4v) is 4.64. The average Bonchev–Trinajstić information content (AvgIpc) is 2.74. The van der Waals surface area contributed by atoms with Gasteiger partial charge in [-0.25, -0.2) is 9.97 Å². The van der Waals surface area contributed by atoms with Crippen LogP contribution in [0, 0.1) is 11.3 Å². The summed E-state index contributed by atoms with van der Waals surface area (Å²) in [6, 6.07) is 17.8.